The van der Waals surface area contributed by atoms with Crippen molar-refractivity contribution in [3.8, 4) is 0 Å². The zero-order valence-corrected chi connectivity index (χ0v) is 9.70. The monoisotopic (exact) mass is 253 g/mol. The van der Waals surface area contributed by atoms with Gasteiger partial charge in [-0.1, -0.05) is 6.07 Å². The molecule has 92 valence electrons. The molecule has 0 amide bonds. The maximum atomic E-state index is 11.8. The molecule has 1 heterocycles. The fourth-order valence-corrected chi connectivity index (χ4v) is 2.02. The Labute approximate surface area is 96.4 Å². The van der Waals surface area contributed by atoms with Gasteiger partial charge < -0.3 is 10.1 Å². The van der Waals surface area contributed by atoms with Crippen molar-refractivity contribution in [1.29, 1.82) is 0 Å². The number of ether oxygens (including phenoxy) is 1. The van der Waals surface area contributed by atoms with Crippen LogP contribution in [0.25, 0.3) is 0 Å². The number of thiophene rings is 1. The van der Waals surface area contributed by atoms with E-state index in [4.69, 9.17) is 0 Å². The van der Waals surface area contributed by atoms with Gasteiger partial charge >= 0.3 is 6.18 Å². The normalized spacial score (nSPS) is 14.0. The van der Waals surface area contributed by atoms with E-state index in [2.05, 4.69) is 10.1 Å². The maximum absolute atomic E-state index is 11.8. The Balaban J connectivity index is 2.27. The molecule has 1 atom stereocenters. The van der Waals surface area contributed by atoms with Gasteiger partial charge in [0.1, 0.15) is 6.61 Å². The van der Waals surface area contributed by atoms with Gasteiger partial charge in [-0.2, -0.15) is 13.2 Å². The minimum Gasteiger partial charge on any atom is -0.370 e. The molecule has 0 aliphatic heterocycles. The molecule has 16 heavy (non-hydrogen) atoms. The van der Waals surface area contributed by atoms with Crippen molar-refractivity contribution in [2.45, 2.75) is 18.6 Å². The molecule has 0 aromatic carbocycles. The van der Waals surface area contributed by atoms with Crippen molar-refractivity contribution in [3.05, 3.63) is 22.4 Å². The fourth-order valence-electron chi connectivity index (χ4n) is 1.23. The lowest BCUT2D eigenvalue weighted by Crippen LogP contribution is -2.33. The molecule has 0 fully saturated rings. The average Bonchev–Trinajstić information content (AvgIpc) is 2.67. The molecule has 0 aliphatic rings. The second kappa shape index (κ2) is 6.22. The summed E-state index contributed by atoms with van der Waals surface area (Å²) in [5, 5.41) is 4.88. The summed E-state index contributed by atoms with van der Waals surface area (Å²) in [7, 11) is 1.72. The molecule has 1 aromatic heterocycles. The third-order valence-corrected chi connectivity index (χ3v) is 2.92. The van der Waals surface area contributed by atoms with Crippen molar-refractivity contribution in [2.24, 2.45) is 0 Å². The first-order valence-corrected chi connectivity index (χ1v) is 5.73. The molecule has 0 bridgehead atoms. The Hall–Kier alpha value is -0.590. The van der Waals surface area contributed by atoms with Crippen molar-refractivity contribution in [3.63, 3.8) is 0 Å². The molecule has 0 radical (unpaired) electrons. The van der Waals surface area contributed by atoms with Crippen LogP contribution in [0.1, 0.15) is 4.88 Å². The number of halogens is 3. The van der Waals surface area contributed by atoms with E-state index in [9.17, 15) is 13.2 Å². The van der Waals surface area contributed by atoms with Crippen molar-refractivity contribution >= 4 is 11.3 Å². The Morgan fingerprint density at radius 3 is 2.75 bits per heavy atom. The van der Waals surface area contributed by atoms with Gasteiger partial charge in [0.05, 0.1) is 6.61 Å². The number of alkyl halides is 3. The third-order valence-electron chi connectivity index (χ3n) is 2.02. The minimum atomic E-state index is -4.25. The first-order chi connectivity index (χ1) is 7.51. The minimum absolute atomic E-state index is 0.0634. The van der Waals surface area contributed by atoms with Crippen molar-refractivity contribution < 1.29 is 17.9 Å². The zero-order valence-electron chi connectivity index (χ0n) is 8.88. The number of rotatable bonds is 6. The highest BCUT2D eigenvalue weighted by Gasteiger charge is 2.27. The molecule has 1 rings (SSSR count). The lowest BCUT2D eigenvalue weighted by atomic mass is 10.2. The van der Waals surface area contributed by atoms with E-state index in [1.807, 2.05) is 17.5 Å². The lowest BCUT2D eigenvalue weighted by Gasteiger charge is -2.16. The Morgan fingerprint density at radius 1 is 1.50 bits per heavy atom. The molecule has 1 N–H and O–H groups in total. The fraction of sp³-hybridized carbons (Fsp3) is 0.600. The van der Waals surface area contributed by atoms with E-state index in [1.165, 1.54) is 0 Å². The van der Waals surface area contributed by atoms with Gasteiger partial charge in [0.15, 0.2) is 0 Å². The summed E-state index contributed by atoms with van der Waals surface area (Å²) in [6.07, 6.45) is -3.56. The highest BCUT2D eigenvalue weighted by atomic mass is 32.1. The van der Waals surface area contributed by atoms with Gasteiger partial charge in [0.2, 0.25) is 0 Å². The predicted molar refractivity (Wildman–Crippen MR) is 57.7 cm³/mol. The SMILES string of the molecule is CNC(COCC(F)(F)F)Cc1cccs1. The van der Waals surface area contributed by atoms with E-state index in [0.29, 0.717) is 6.42 Å². The molecule has 2 nitrogen and oxygen atoms in total. The smallest absolute Gasteiger partial charge is 0.370 e. The highest BCUT2D eigenvalue weighted by Crippen LogP contribution is 2.15. The molecule has 1 aromatic rings. The number of likely N-dealkylation sites (N-methyl/N-ethyl adjacent to an activating group) is 1. The molecule has 1 unspecified atom stereocenters. The van der Waals surface area contributed by atoms with Crippen LogP contribution in [0, 0.1) is 0 Å². The Kier molecular flexibility index (Phi) is 5.24. The molecule has 0 saturated heterocycles. The van der Waals surface area contributed by atoms with Crippen LogP contribution in [0.3, 0.4) is 0 Å². The van der Waals surface area contributed by atoms with Gasteiger partial charge in [-0.25, -0.2) is 0 Å². The number of nitrogens with one attached hydrogen (secondary N) is 1. The molecule has 0 spiro atoms. The predicted octanol–water partition coefficient (Wildman–Crippen LogP) is 2.46. The summed E-state index contributed by atoms with van der Waals surface area (Å²) >= 11 is 1.59. The van der Waals surface area contributed by atoms with E-state index in [0.717, 1.165) is 4.88 Å². The van der Waals surface area contributed by atoms with Crippen molar-refractivity contribution in [1.82, 2.24) is 5.32 Å². The third kappa shape index (κ3) is 5.48. The largest absolute Gasteiger partial charge is 0.411 e. The quantitative estimate of drug-likeness (QED) is 0.841. The first-order valence-electron chi connectivity index (χ1n) is 4.85. The number of hydrogen-bond acceptors (Lipinski definition) is 3. The molecule has 0 aliphatic carbocycles. The lowest BCUT2D eigenvalue weighted by molar-refractivity contribution is -0.175. The first kappa shape index (κ1) is 13.5. The van der Waals surface area contributed by atoms with Crippen LogP contribution in [0.15, 0.2) is 17.5 Å². The Bertz CT molecular complexity index is 287. The second-order valence-corrected chi connectivity index (χ2v) is 4.43. The number of hydrogen-bond donors (Lipinski definition) is 1. The summed E-state index contributed by atoms with van der Waals surface area (Å²) in [4.78, 5) is 1.13. The van der Waals surface area contributed by atoms with E-state index < -0.39 is 12.8 Å². The summed E-state index contributed by atoms with van der Waals surface area (Å²) in [6, 6.07) is 3.79. The second-order valence-electron chi connectivity index (χ2n) is 3.40. The maximum Gasteiger partial charge on any atom is 0.411 e. The Morgan fingerprint density at radius 2 is 2.25 bits per heavy atom. The summed E-state index contributed by atoms with van der Waals surface area (Å²) in [5.41, 5.74) is 0. The van der Waals surface area contributed by atoms with Gasteiger partial charge in [0.25, 0.3) is 0 Å². The molecular weight excluding hydrogens is 239 g/mol. The summed E-state index contributed by atoms with van der Waals surface area (Å²) in [6.45, 7) is -1.12. The van der Waals surface area contributed by atoms with E-state index in [-0.39, 0.29) is 12.6 Å². The highest BCUT2D eigenvalue weighted by molar-refractivity contribution is 7.09. The van der Waals surface area contributed by atoms with Gasteiger partial charge in [-0.3, -0.25) is 0 Å². The van der Waals surface area contributed by atoms with Gasteiger partial charge in [0, 0.05) is 10.9 Å². The van der Waals surface area contributed by atoms with Gasteiger partial charge in [-0.15, -0.1) is 11.3 Å². The molecular formula is C10H14F3NOS. The van der Waals surface area contributed by atoms with Crippen LogP contribution in [0.4, 0.5) is 13.2 Å². The molecule has 6 heteroatoms. The van der Waals surface area contributed by atoms with E-state index in [1.54, 1.807) is 18.4 Å². The van der Waals surface area contributed by atoms with Gasteiger partial charge in [-0.05, 0) is 24.9 Å². The van der Waals surface area contributed by atoms with E-state index >= 15 is 0 Å². The molecule has 0 saturated carbocycles. The zero-order chi connectivity index (χ0) is 12.0. The van der Waals surface area contributed by atoms with Crippen LogP contribution < -0.4 is 5.32 Å². The van der Waals surface area contributed by atoms with Crippen LogP contribution in [-0.2, 0) is 11.2 Å². The topological polar surface area (TPSA) is 21.3 Å². The van der Waals surface area contributed by atoms with Crippen LogP contribution in [0.5, 0.6) is 0 Å². The average molecular weight is 253 g/mol. The van der Waals surface area contributed by atoms with Crippen molar-refractivity contribution in [2.75, 3.05) is 20.3 Å². The standard InChI is InChI=1S/C10H14F3NOS/c1-14-8(5-9-3-2-4-16-9)6-15-7-10(11,12)13/h2-4,8,14H,5-7H2,1H3. The summed E-state index contributed by atoms with van der Waals surface area (Å²) < 4.78 is 40.1. The summed E-state index contributed by atoms with van der Waals surface area (Å²) in [5.74, 6) is 0. The van der Waals surface area contributed by atoms with Crippen LogP contribution >= 0.6 is 11.3 Å². The van der Waals surface area contributed by atoms with Crippen LogP contribution in [0.2, 0.25) is 0 Å². The van der Waals surface area contributed by atoms with Crippen LogP contribution in [-0.4, -0.2) is 32.5 Å².